The van der Waals surface area contributed by atoms with E-state index in [0.717, 1.165) is 6.07 Å². The molecule has 1 aromatic carbocycles. The van der Waals surface area contributed by atoms with E-state index in [1.807, 2.05) is 0 Å². The van der Waals surface area contributed by atoms with Crippen molar-refractivity contribution in [2.45, 2.75) is 0 Å². The zero-order chi connectivity index (χ0) is 15.1. The molecule has 3 nitrogen and oxygen atoms in total. The maximum atomic E-state index is 13.9. The molecule has 106 valence electrons. The first-order valence-electron chi connectivity index (χ1n) is 5.74. The lowest BCUT2D eigenvalue weighted by Gasteiger charge is -2.06. The van der Waals surface area contributed by atoms with Crippen molar-refractivity contribution in [3.63, 3.8) is 0 Å². The van der Waals surface area contributed by atoms with Crippen LogP contribution in [0.2, 0.25) is 4.34 Å². The summed E-state index contributed by atoms with van der Waals surface area (Å²) < 4.78 is 27.7. The Morgan fingerprint density at radius 1 is 1.24 bits per heavy atom. The number of halogens is 3. The number of aromatic nitrogens is 1. The van der Waals surface area contributed by atoms with E-state index in [9.17, 15) is 18.7 Å². The van der Waals surface area contributed by atoms with E-state index in [-0.39, 0.29) is 22.2 Å². The predicted molar refractivity (Wildman–Crippen MR) is 76.9 cm³/mol. The quantitative estimate of drug-likeness (QED) is 0.749. The molecule has 0 aliphatic heterocycles. The van der Waals surface area contributed by atoms with Crippen LogP contribution >= 0.6 is 22.9 Å². The van der Waals surface area contributed by atoms with Gasteiger partial charge in [-0.1, -0.05) is 11.6 Å². The fourth-order valence-corrected chi connectivity index (χ4v) is 3.01. The Bertz CT molecular complexity index is 879. The van der Waals surface area contributed by atoms with E-state index in [0.29, 0.717) is 15.3 Å². The van der Waals surface area contributed by atoms with Gasteiger partial charge in [0.15, 0.2) is 5.82 Å². The molecule has 0 saturated heterocycles. The molecule has 0 radical (unpaired) electrons. The monoisotopic (exact) mass is 325 g/mol. The Labute approximate surface area is 126 Å². The smallest absolute Gasteiger partial charge is 0.336 e. The molecule has 0 spiro atoms. The van der Waals surface area contributed by atoms with Gasteiger partial charge >= 0.3 is 5.97 Å². The number of fused-ring (bicyclic) bond motifs is 1. The molecule has 0 fully saturated rings. The molecule has 3 aromatic rings. The van der Waals surface area contributed by atoms with Crippen LogP contribution in [0.5, 0.6) is 0 Å². The van der Waals surface area contributed by atoms with Gasteiger partial charge in [-0.15, -0.1) is 11.3 Å². The van der Waals surface area contributed by atoms with Gasteiger partial charge in [-0.2, -0.15) is 0 Å². The third kappa shape index (κ3) is 2.48. The van der Waals surface area contributed by atoms with Gasteiger partial charge in [-0.05, 0) is 24.3 Å². The van der Waals surface area contributed by atoms with Gasteiger partial charge in [0.2, 0.25) is 0 Å². The lowest BCUT2D eigenvalue weighted by Crippen LogP contribution is -2.01. The van der Waals surface area contributed by atoms with E-state index in [4.69, 9.17) is 11.6 Å². The largest absolute Gasteiger partial charge is 0.478 e. The second-order valence-electron chi connectivity index (χ2n) is 4.25. The highest BCUT2D eigenvalue weighted by Gasteiger charge is 2.17. The average molecular weight is 326 g/mol. The molecule has 0 amide bonds. The molecule has 0 aliphatic carbocycles. The highest BCUT2D eigenvalue weighted by Crippen LogP contribution is 2.33. The lowest BCUT2D eigenvalue weighted by molar-refractivity contribution is 0.0699. The van der Waals surface area contributed by atoms with E-state index < -0.39 is 17.6 Å². The number of carbonyl (C=O) groups is 1. The second-order valence-corrected chi connectivity index (χ2v) is 5.96. The number of pyridine rings is 1. The summed E-state index contributed by atoms with van der Waals surface area (Å²) in [5, 5.41) is 9.17. The summed E-state index contributed by atoms with van der Waals surface area (Å²) in [5.74, 6) is -3.04. The molecule has 0 aliphatic rings. The summed E-state index contributed by atoms with van der Waals surface area (Å²) in [4.78, 5) is 16.0. The maximum Gasteiger partial charge on any atom is 0.336 e. The minimum absolute atomic E-state index is 0.0774. The summed E-state index contributed by atoms with van der Waals surface area (Å²) in [6, 6.07) is 6.21. The van der Waals surface area contributed by atoms with E-state index in [1.54, 1.807) is 12.1 Å². The summed E-state index contributed by atoms with van der Waals surface area (Å²) >= 11 is 7.03. The number of aromatic carboxylic acids is 1. The molecular formula is C14H6ClF2NO2S. The first kappa shape index (κ1) is 13.9. The average Bonchev–Trinajstić information content (AvgIpc) is 2.84. The van der Waals surface area contributed by atoms with Crippen molar-refractivity contribution in [2.75, 3.05) is 0 Å². The van der Waals surface area contributed by atoms with Crippen LogP contribution in [0.3, 0.4) is 0 Å². The van der Waals surface area contributed by atoms with Gasteiger partial charge in [0.05, 0.1) is 20.5 Å². The Morgan fingerprint density at radius 2 is 2.00 bits per heavy atom. The molecule has 0 unspecified atom stereocenters. The van der Waals surface area contributed by atoms with Gasteiger partial charge in [0, 0.05) is 11.5 Å². The Hall–Kier alpha value is -2.05. The van der Waals surface area contributed by atoms with E-state index >= 15 is 0 Å². The van der Waals surface area contributed by atoms with E-state index in [1.165, 1.54) is 17.4 Å². The summed E-state index contributed by atoms with van der Waals surface area (Å²) in [7, 11) is 0. The number of carboxylic acid groups (broad SMARTS) is 1. The van der Waals surface area contributed by atoms with Crippen LogP contribution in [0.15, 0.2) is 30.3 Å². The van der Waals surface area contributed by atoms with E-state index in [2.05, 4.69) is 4.98 Å². The highest BCUT2D eigenvalue weighted by atomic mass is 35.5. The van der Waals surface area contributed by atoms with Gasteiger partial charge < -0.3 is 5.11 Å². The van der Waals surface area contributed by atoms with Crippen molar-refractivity contribution >= 4 is 39.8 Å². The first-order chi connectivity index (χ1) is 9.95. The van der Waals surface area contributed by atoms with Crippen molar-refractivity contribution in [1.82, 2.24) is 4.98 Å². The number of thiophene rings is 1. The molecule has 0 atom stereocenters. The third-order valence-corrected chi connectivity index (χ3v) is 4.14. The van der Waals surface area contributed by atoms with Crippen LogP contribution in [0, 0.1) is 11.6 Å². The van der Waals surface area contributed by atoms with Crippen molar-refractivity contribution in [1.29, 1.82) is 0 Å². The lowest BCUT2D eigenvalue weighted by atomic mass is 10.1. The van der Waals surface area contributed by atoms with Crippen LogP contribution in [0.25, 0.3) is 21.5 Å². The third-order valence-electron chi connectivity index (χ3n) is 2.89. The predicted octanol–water partition coefficient (Wildman–Crippen LogP) is 4.59. The van der Waals surface area contributed by atoms with Gasteiger partial charge in [0.1, 0.15) is 11.3 Å². The molecule has 2 heterocycles. The van der Waals surface area contributed by atoms with Crippen molar-refractivity contribution < 1.29 is 18.7 Å². The first-order valence-corrected chi connectivity index (χ1v) is 6.94. The SMILES string of the molecule is O=C(O)c1cc(-c2ccc(Cl)s2)nc2c(F)cc(F)cc12. The summed E-state index contributed by atoms with van der Waals surface area (Å²) in [6.07, 6.45) is 0. The Morgan fingerprint density at radius 3 is 2.62 bits per heavy atom. The molecule has 1 N–H and O–H groups in total. The van der Waals surface area contributed by atoms with Crippen molar-refractivity contribution in [3.05, 3.63) is 51.9 Å². The molecule has 2 aromatic heterocycles. The standard InChI is InChI=1S/C14H6ClF2NO2S/c15-12-2-1-11(21-12)10-5-8(14(19)20)7-3-6(16)4-9(17)13(7)18-10/h1-5H,(H,19,20). The van der Waals surface area contributed by atoms with Gasteiger partial charge in [-0.25, -0.2) is 18.6 Å². The van der Waals surface area contributed by atoms with Gasteiger partial charge in [0.25, 0.3) is 0 Å². The fraction of sp³-hybridized carbons (Fsp3) is 0. The minimum atomic E-state index is -1.28. The highest BCUT2D eigenvalue weighted by molar-refractivity contribution is 7.19. The Kier molecular flexibility index (Phi) is 3.35. The van der Waals surface area contributed by atoms with Crippen molar-refractivity contribution in [2.24, 2.45) is 0 Å². The number of rotatable bonds is 2. The normalized spacial score (nSPS) is 11.0. The van der Waals surface area contributed by atoms with Gasteiger partial charge in [-0.3, -0.25) is 0 Å². The molecule has 0 bridgehead atoms. The van der Waals surface area contributed by atoms with Crippen LogP contribution < -0.4 is 0 Å². The second kappa shape index (κ2) is 5.05. The molecule has 7 heteroatoms. The minimum Gasteiger partial charge on any atom is -0.478 e. The fourth-order valence-electron chi connectivity index (χ4n) is 2.01. The van der Waals surface area contributed by atoms with Crippen molar-refractivity contribution in [3.8, 4) is 10.6 Å². The molecule has 21 heavy (non-hydrogen) atoms. The van der Waals surface area contributed by atoms with Crippen LogP contribution in [-0.4, -0.2) is 16.1 Å². The summed E-state index contributed by atoms with van der Waals surface area (Å²) in [6.45, 7) is 0. The number of carboxylic acids is 1. The maximum absolute atomic E-state index is 13.9. The zero-order valence-electron chi connectivity index (χ0n) is 10.2. The molecule has 0 saturated carbocycles. The number of hydrogen-bond acceptors (Lipinski definition) is 3. The van der Waals surface area contributed by atoms with Crippen LogP contribution in [-0.2, 0) is 0 Å². The van der Waals surface area contributed by atoms with Crippen LogP contribution in [0.4, 0.5) is 8.78 Å². The number of benzene rings is 1. The zero-order valence-corrected chi connectivity index (χ0v) is 11.8. The molecular weight excluding hydrogens is 320 g/mol. The number of nitrogens with zero attached hydrogens (tertiary/aromatic N) is 1. The van der Waals surface area contributed by atoms with Crippen LogP contribution in [0.1, 0.15) is 10.4 Å². The summed E-state index contributed by atoms with van der Waals surface area (Å²) in [5.41, 5.74) is -0.115. The Balaban J connectivity index is 2.37. The number of hydrogen-bond donors (Lipinski definition) is 1. The molecule has 3 rings (SSSR count). The topological polar surface area (TPSA) is 50.2 Å².